The van der Waals surface area contributed by atoms with Crippen molar-refractivity contribution in [2.45, 2.75) is 20.0 Å². The van der Waals surface area contributed by atoms with Crippen molar-refractivity contribution >= 4 is 28.4 Å². The van der Waals surface area contributed by atoms with Gasteiger partial charge in [-0.2, -0.15) is 10.2 Å². The fourth-order valence-electron chi connectivity index (χ4n) is 3.55. The molecule has 0 saturated carbocycles. The highest BCUT2D eigenvalue weighted by Gasteiger charge is 2.27. The summed E-state index contributed by atoms with van der Waals surface area (Å²) in [7, 11) is 10.9. The molecule has 2 aromatic carbocycles. The minimum Gasteiger partial charge on any atom is -0.366 e. The Morgan fingerprint density at radius 3 is 2.10 bits per heavy atom. The lowest BCUT2D eigenvalue weighted by Gasteiger charge is -2.29. The first-order valence-electron chi connectivity index (χ1n) is 10.4. The summed E-state index contributed by atoms with van der Waals surface area (Å²) in [6, 6.07) is 14.6. The number of benzene rings is 2. The molecular formula is C23H35N6+. The maximum absolute atomic E-state index is 4.47. The van der Waals surface area contributed by atoms with Crippen molar-refractivity contribution in [2.75, 3.05) is 69.6 Å². The summed E-state index contributed by atoms with van der Waals surface area (Å²) in [6.07, 6.45) is 0.350. The van der Waals surface area contributed by atoms with E-state index in [2.05, 4.69) is 98.3 Å². The van der Waals surface area contributed by atoms with Crippen molar-refractivity contribution in [1.29, 1.82) is 0 Å². The van der Waals surface area contributed by atoms with Gasteiger partial charge in [-0.05, 0) is 56.3 Å². The number of hydrogen-bond acceptors (Lipinski definition) is 5. The third-order valence-electron chi connectivity index (χ3n) is 5.76. The van der Waals surface area contributed by atoms with E-state index < -0.39 is 0 Å². The van der Waals surface area contributed by atoms with Gasteiger partial charge in [-0.15, -0.1) is 0 Å². The molecule has 0 saturated heterocycles. The number of quaternary nitrogens is 1. The van der Waals surface area contributed by atoms with Crippen LogP contribution in [0.15, 0.2) is 52.7 Å². The molecule has 0 amide bonds. The fraction of sp³-hybridized carbons (Fsp3) is 0.478. The summed E-state index contributed by atoms with van der Waals surface area (Å²) in [4.78, 5) is 6.93. The first-order chi connectivity index (χ1) is 13.7. The first kappa shape index (κ1) is 21.1. The van der Waals surface area contributed by atoms with Crippen molar-refractivity contribution < 1.29 is 4.48 Å². The number of anilines is 3. The first-order valence-corrected chi connectivity index (χ1v) is 10.4. The van der Waals surface area contributed by atoms with Crippen LogP contribution in [0.2, 0.25) is 0 Å². The fourth-order valence-corrected chi connectivity index (χ4v) is 3.55. The highest BCUT2D eigenvalue weighted by Crippen LogP contribution is 2.40. The largest absolute Gasteiger partial charge is 0.366 e. The average molecular weight is 396 g/mol. The van der Waals surface area contributed by atoms with Crippen molar-refractivity contribution in [2.24, 2.45) is 10.2 Å². The van der Waals surface area contributed by atoms with Crippen LogP contribution in [0.1, 0.15) is 13.8 Å². The molecule has 1 aliphatic rings. The van der Waals surface area contributed by atoms with Crippen LogP contribution in [0.4, 0.5) is 28.4 Å². The van der Waals surface area contributed by atoms with Crippen LogP contribution in [0.3, 0.4) is 0 Å². The van der Waals surface area contributed by atoms with Crippen molar-refractivity contribution in [3.63, 3.8) is 0 Å². The summed E-state index contributed by atoms with van der Waals surface area (Å²) in [5.74, 6) is 0. The van der Waals surface area contributed by atoms with Gasteiger partial charge in [0, 0.05) is 26.3 Å². The van der Waals surface area contributed by atoms with E-state index in [0.717, 1.165) is 35.5 Å². The molecule has 1 atom stereocenters. The molecule has 1 heterocycles. The molecule has 156 valence electrons. The van der Waals surface area contributed by atoms with Gasteiger partial charge >= 0.3 is 0 Å². The molecule has 3 rings (SSSR count). The summed E-state index contributed by atoms with van der Waals surface area (Å²) in [6.45, 7) is 7.54. The monoisotopic (exact) mass is 395 g/mol. The normalized spacial score (nSPS) is 16.6. The van der Waals surface area contributed by atoms with Crippen LogP contribution >= 0.6 is 0 Å². The highest BCUT2D eigenvalue weighted by molar-refractivity contribution is 5.79. The van der Waals surface area contributed by atoms with Gasteiger partial charge < -0.3 is 19.2 Å². The Labute approximate surface area is 175 Å². The second-order valence-corrected chi connectivity index (χ2v) is 8.84. The second-order valence-electron chi connectivity index (χ2n) is 8.84. The van der Waals surface area contributed by atoms with Crippen molar-refractivity contribution in [1.82, 2.24) is 0 Å². The zero-order valence-electron chi connectivity index (χ0n) is 18.9. The molecular weight excluding hydrogens is 360 g/mol. The molecule has 1 unspecified atom stereocenters. The summed E-state index contributed by atoms with van der Waals surface area (Å²) in [5, 5.41) is 8.91. The van der Waals surface area contributed by atoms with Crippen LogP contribution in [0, 0.1) is 0 Å². The molecule has 6 heteroatoms. The number of rotatable bonds is 7. The second kappa shape index (κ2) is 8.41. The third kappa shape index (κ3) is 4.88. The molecule has 6 nitrogen and oxygen atoms in total. The average Bonchev–Trinajstić information content (AvgIpc) is 2.91. The van der Waals surface area contributed by atoms with Crippen LogP contribution < -0.4 is 14.7 Å². The maximum Gasteiger partial charge on any atom is 0.0982 e. The Hall–Kier alpha value is -2.60. The number of azo groups is 1. The molecule has 0 fully saturated rings. The summed E-state index contributed by atoms with van der Waals surface area (Å²) >= 11 is 0. The van der Waals surface area contributed by atoms with Gasteiger partial charge in [0.15, 0.2) is 0 Å². The SMILES string of the molecule is CCN(CC[N+](C)(C)C)c1ccc(N=Nc2ccc3c(c2)N(C)C(C)N3C)cc1. The minimum absolute atomic E-state index is 0.350. The number of fused-ring (bicyclic) bond motifs is 1. The smallest absolute Gasteiger partial charge is 0.0982 e. The number of likely N-dealkylation sites (N-methyl/N-ethyl adjacent to an activating group) is 2. The van der Waals surface area contributed by atoms with Crippen molar-refractivity contribution in [3.8, 4) is 0 Å². The Bertz CT molecular complexity index is 853. The standard InChI is InChI=1S/C23H35N6/c1-8-28(15-16-29(5,6)7)21-12-9-19(10-13-21)24-25-20-11-14-22-23(17-20)27(4)18(2)26(22)3/h9-14,17-18H,8,15-16H2,1-7H3/q+1. The van der Waals surface area contributed by atoms with Gasteiger partial charge in [0.2, 0.25) is 0 Å². The van der Waals surface area contributed by atoms with E-state index in [-0.39, 0.29) is 0 Å². The molecule has 0 radical (unpaired) electrons. The number of nitrogens with zero attached hydrogens (tertiary/aromatic N) is 6. The van der Waals surface area contributed by atoms with Gasteiger partial charge in [-0.1, -0.05) is 0 Å². The van der Waals surface area contributed by atoms with Gasteiger partial charge in [-0.3, -0.25) is 0 Å². The van der Waals surface area contributed by atoms with Crippen LogP contribution in [-0.4, -0.2) is 65.5 Å². The van der Waals surface area contributed by atoms with Crippen LogP contribution in [0.25, 0.3) is 0 Å². The summed E-state index contributed by atoms with van der Waals surface area (Å²) in [5.41, 5.74) is 5.41. The molecule has 2 aromatic rings. The third-order valence-corrected chi connectivity index (χ3v) is 5.76. The lowest BCUT2D eigenvalue weighted by Crippen LogP contribution is -2.42. The highest BCUT2D eigenvalue weighted by atomic mass is 15.4. The zero-order valence-corrected chi connectivity index (χ0v) is 18.9. The van der Waals surface area contributed by atoms with Crippen LogP contribution in [0.5, 0.6) is 0 Å². The quantitative estimate of drug-likeness (QED) is 0.496. The molecule has 0 N–H and O–H groups in total. The Morgan fingerprint density at radius 2 is 1.48 bits per heavy atom. The Balaban J connectivity index is 1.69. The van der Waals surface area contributed by atoms with Gasteiger partial charge in [0.1, 0.15) is 0 Å². The van der Waals surface area contributed by atoms with E-state index in [1.165, 1.54) is 17.1 Å². The van der Waals surface area contributed by atoms with E-state index >= 15 is 0 Å². The van der Waals surface area contributed by atoms with Crippen LogP contribution in [-0.2, 0) is 0 Å². The van der Waals surface area contributed by atoms with Gasteiger partial charge in [0.05, 0.1) is 63.1 Å². The molecule has 29 heavy (non-hydrogen) atoms. The molecule has 0 bridgehead atoms. The topological polar surface area (TPSA) is 34.4 Å². The molecule has 1 aliphatic heterocycles. The van der Waals surface area contributed by atoms with E-state index in [4.69, 9.17) is 0 Å². The van der Waals surface area contributed by atoms with E-state index in [1.54, 1.807) is 0 Å². The predicted molar refractivity (Wildman–Crippen MR) is 124 cm³/mol. The van der Waals surface area contributed by atoms with E-state index in [0.29, 0.717) is 6.17 Å². The molecule has 0 spiro atoms. The lowest BCUT2D eigenvalue weighted by atomic mass is 10.2. The lowest BCUT2D eigenvalue weighted by molar-refractivity contribution is -0.868. The van der Waals surface area contributed by atoms with Crippen molar-refractivity contribution in [3.05, 3.63) is 42.5 Å². The van der Waals surface area contributed by atoms with Gasteiger partial charge in [-0.25, -0.2) is 0 Å². The Morgan fingerprint density at radius 1 is 0.897 bits per heavy atom. The van der Waals surface area contributed by atoms with E-state index in [1.807, 2.05) is 18.2 Å². The van der Waals surface area contributed by atoms with Gasteiger partial charge in [0.25, 0.3) is 0 Å². The minimum atomic E-state index is 0.350. The summed E-state index contributed by atoms with van der Waals surface area (Å²) < 4.78 is 0.966. The maximum atomic E-state index is 4.47. The molecule has 0 aromatic heterocycles. The number of hydrogen-bond donors (Lipinski definition) is 0. The predicted octanol–water partition coefficient (Wildman–Crippen LogP) is 4.87. The zero-order chi connectivity index (χ0) is 21.2. The molecule has 0 aliphatic carbocycles. The van der Waals surface area contributed by atoms with E-state index in [9.17, 15) is 0 Å². The Kier molecular flexibility index (Phi) is 6.13.